The molecule has 0 unspecified atom stereocenters. The maximum atomic E-state index is 13.4. The minimum absolute atomic E-state index is 0.214. The number of carbonyl (C=O) groups is 2. The third-order valence-electron chi connectivity index (χ3n) is 3.12. The van der Waals surface area contributed by atoms with Crippen molar-refractivity contribution in [1.82, 2.24) is 10.2 Å². The lowest BCUT2D eigenvalue weighted by Gasteiger charge is -2.15. The number of hydrogen-bond donors (Lipinski definition) is 1. The summed E-state index contributed by atoms with van der Waals surface area (Å²) < 4.78 is 13.4. The van der Waals surface area contributed by atoms with Gasteiger partial charge in [0.05, 0.1) is 0 Å². The molecule has 1 aromatic carbocycles. The van der Waals surface area contributed by atoms with Crippen molar-refractivity contribution in [2.75, 3.05) is 12.3 Å². The van der Waals surface area contributed by atoms with Gasteiger partial charge in [0, 0.05) is 18.1 Å². The fourth-order valence-corrected chi connectivity index (χ4v) is 2.88. The van der Waals surface area contributed by atoms with Gasteiger partial charge in [-0.25, -0.2) is 9.18 Å². The zero-order chi connectivity index (χ0) is 14.8. The standard InChI is InChI=1S/C14H17FN2O2S/c1-14(2)12(18)17(13(19)16-14)7-8-20-9-10-5-3-4-6-11(10)15/h3-6H,7-9H2,1-2H3,(H,16,19). The van der Waals surface area contributed by atoms with E-state index >= 15 is 0 Å². The van der Waals surface area contributed by atoms with E-state index in [0.29, 0.717) is 23.6 Å². The minimum atomic E-state index is -0.826. The fraction of sp³-hybridized carbons (Fsp3) is 0.429. The summed E-state index contributed by atoms with van der Waals surface area (Å²) in [6.07, 6.45) is 0. The Morgan fingerprint density at radius 1 is 1.30 bits per heavy atom. The number of nitrogens with zero attached hydrogens (tertiary/aromatic N) is 1. The number of benzene rings is 1. The molecular formula is C14H17FN2O2S. The van der Waals surface area contributed by atoms with Crippen LogP contribution in [0.2, 0.25) is 0 Å². The van der Waals surface area contributed by atoms with Gasteiger partial charge in [0.25, 0.3) is 5.91 Å². The first-order chi connectivity index (χ1) is 9.42. The van der Waals surface area contributed by atoms with E-state index < -0.39 is 5.54 Å². The van der Waals surface area contributed by atoms with E-state index in [0.717, 1.165) is 0 Å². The van der Waals surface area contributed by atoms with Gasteiger partial charge in [0.1, 0.15) is 11.4 Å². The van der Waals surface area contributed by atoms with Crippen LogP contribution in [-0.4, -0.2) is 34.7 Å². The number of thioether (sulfide) groups is 1. The lowest BCUT2D eigenvalue weighted by Crippen LogP contribution is -2.40. The smallest absolute Gasteiger partial charge is 0.324 e. The molecule has 1 N–H and O–H groups in total. The van der Waals surface area contributed by atoms with Crippen LogP contribution in [0.5, 0.6) is 0 Å². The summed E-state index contributed by atoms with van der Waals surface area (Å²) in [7, 11) is 0. The largest absolute Gasteiger partial charge is 0.325 e. The van der Waals surface area contributed by atoms with Crippen molar-refractivity contribution in [1.29, 1.82) is 0 Å². The van der Waals surface area contributed by atoms with Gasteiger partial charge < -0.3 is 5.32 Å². The Balaban J connectivity index is 1.81. The van der Waals surface area contributed by atoms with Crippen LogP contribution in [-0.2, 0) is 10.5 Å². The first-order valence-corrected chi connectivity index (χ1v) is 7.52. The SMILES string of the molecule is CC1(C)NC(=O)N(CCSCc2ccccc2F)C1=O. The van der Waals surface area contributed by atoms with E-state index in [4.69, 9.17) is 0 Å². The number of halogens is 1. The summed E-state index contributed by atoms with van der Waals surface area (Å²) >= 11 is 1.50. The number of urea groups is 1. The van der Waals surface area contributed by atoms with Crippen LogP contribution >= 0.6 is 11.8 Å². The molecule has 0 saturated carbocycles. The number of carbonyl (C=O) groups excluding carboxylic acids is 2. The number of hydrogen-bond acceptors (Lipinski definition) is 3. The van der Waals surface area contributed by atoms with Crippen LogP contribution in [0.25, 0.3) is 0 Å². The van der Waals surface area contributed by atoms with Crippen LogP contribution in [0, 0.1) is 5.82 Å². The molecule has 1 aliphatic heterocycles. The average molecular weight is 296 g/mol. The maximum Gasteiger partial charge on any atom is 0.325 e. The molecule has 1 saturated heterocycles. The lowest BCUT2D eigenvalue weighted by atomic mass is 10.1. The van der Waals surface area contributed by atoms with Gasteiger partial charge in [-0.15, -0.1) is 0 Å². The quantitative estimate of drug-likeness (QED) is 0.670. The summed E-state index contributed by atoms with van der Waals surface area (Å²) in [6.45, 7) is 3.70. The van der Waals surface area contributed by atoms with Crippen molar-refractivity contribution in [3.05, 3.63) is 35.6 Å². The van der Waals surface area contributed by atoms with Gasteiger partial charge in [-0.1, -0.05) is 18.2 Å². The van der Waals surface area contributed by atoms with Crippen molar-refractivity contribution < 1.29 is 14.0 Å². The molecule has 0 bridgehead atoms. The predicted molar refractivity (Wildman–Crippen MR) is 76.9 cm³/mol. The molecular weight excluding hydrogens is 279 g/mol. The maximum absolute atomic E-state index is 13.4. The highest BCUT2D eigenvalue weighted by Crippen LogP contribution is 2.19. The predicted octanol–water partition coefficient (Wildman–Crippen LogP) is 2.39. The summed E-state index contributed by atoms with van der Waals surface area (Å²) in [5, 5.41) is 2.63. The summed E-state index contributed by atoms with van der Waals surface area (Å²) in [6, 6.07) is 6.25. The minimum Gasteiger partial charge on any atom is -0.324 e. The second-order valence-corrected chi connectivity index (χ2v) is 6.26. The van der Waals surface area contributed by atoms with Gasteiger partial charge in [-0.05, 0) is 25.5 Å². The Bertz CT molecular complexity index is 534. The van der Waals surface area contributed by atoms with E-state index in [1.165, 1.54) is 22.7 Å². The first kappa shape index (κ1) is 14.8. The van der Waals surface area contributed by atoms with Gasteiger partial charge in [0.15, 0.2) is 0 Å². The summed E-state index contributed by atoms with van der Waals surface area (Å²) in [4.78, 5) is 24.8. The highest BCUT2D eigenvalue weighted by molar-refractivity contribution is 7.98. The normalized spacial score (nSPS) is 17.4. The van der Waals surface area contributed by atoms with Crippen LogP contribution in [0.15, 0.2) is 24.3 Å². The van der Waals surface area contributed by atoms with Crippen molar-refractivity contribution in [2.45, 2.75) is 25.1 Å². The molecule has 0 radical (unpaired) electrons. The van der Waals surface area contributed by atoms with Gasteiger partial charge in [-0.3, -0.25) is 9.69 Å². The van der Waals surface area contributed by atoms with Crippen molar-refractivity contribution >= 4 is 23.7 Å². The molecule has 2 rings (SSSR count). The molecule has 1 aromatic rings. The molecule has 0 aromatic heterocycles. The van der Waals surface area contributed by atoms with Gasteiger partial charge in [0.2, 0.25) is 0 Å². The Labute approximate surface area is 121 Å². The third kappa shape index (κ3) is 3.12. The second kappa shape index (κ2) is 5.83. The Morgan fingerprint density at radius 2 is 2.00 bits per heavy atom. The number of amides is 3. The second-order valence-electron chi connectivity index (χ2n) is 5.16. The number of rotatable bonds is 5. The number of imide groups is 1. The molecule has 6 heteroatoms. The van der Waals surface area contributed by atoms with Gasteiger partial charge in [-0.2, -0.15) is 11.8 Å². The van der Waals surface area contributed by atoms with E-state index in [9.17, 15) is 14.0 Å². The summed E-state index contributed by atoms with van der Waals surface area (Å²) in [5.74, 6) is 0.675. The summed E-state index contributed by atoms with van der Waals surface area (Å²) in [5.41, 5.74) is -0.192. The topological polar surface area (TPSA) is 49.4 Å². The molecule has 108 valence electrons. The highest BCUT2D eigenvalue weighted by atomic mass is 32.2. The highest BCUT2D eigenvalue weighted by Gasteiger charge is 2.43. The molecule has 0 aliphatic carbocycles. The number of nitrogens with one attached hydrogen (secondary N) is 1. The molecule has 1 fully saturated rings. The molecule has 4 nitrogen and oxygen atoms in total. The van der Waals surface area contributed by atoms with E-state index in [-0.39, 0.29) is 17.8 Å². The van der Waals surface area contributed by atoms with Crippen LogP contribution in [0.3, 0.4) is 0 Å². The average Bonchev–Trinajstić information content (AvgIpc) is 2.57. The van der Waals surface area contributed by atoms with Crippen LogP contribution in [0.4, 0.5) is 9.18 Å². The Kier molecular flexibility index (Phi) is 4.32. The zero-order valence-corrected chi connectivity index (χ0v) is 12.3. The van der Waals surface area contributed by atoms with Gasteiger partial charge >= 0.3 is 6.03 Å². The Morgan fingerprint density at radius 3 is 2.60 bits per heavy atom. The van der Waals surface area contributed by atoms with E-state index in [2.05, 4.69) is 5.32 Å². The first-order valence-electron chi connectivity index (χ1n) is 6.37. The van der Waals surface area contributed by atoms with E-state index in [1.54, 1.807) is 32.0 Å². The fourth-order valence-electron chi connectivity index (χ4n) is 1.97. The molecule has 0 atom stereocenters. The van der Waals surface area contributed by atoms with Crippen molar-refractivity contribution in [2.24, 2.45) is 0 Å². The van der Waals surface area contributed by atoms with Crippen LogP contribution < -0.4 is 5.32 Å². The molecule has 1 aliphatic rings. The zero-order valence-electron chi connectivity index (χ0n) is 11.5. The molecule has 3 amide bonds. The van der Waals surface area contributed by atoms with Crippen molar-refractivity contribution in [3.8, 4) is 0 Å². The lowest BCUT2D eigenvalue weighted by molar-refractivity contribution is -0.130. The molecule has 0 spiro atoms. The molecule has 20 heavy (non-hydrogen) atoms. The monoisotopic (exact) mass is 296 g/mol. The van der Waals surface area contributed by atoms with Crippen LogP contribution in [0.1, 0.15) is 19.4 Å². The Hall–Kier alpha value is -1.56. The molecule has 1 heterocycles. The van der Waals surface area contributed by atoms with Crippen molar-refractivity contribution in [3.63, 3.8) is 0 Å². The third-order valence-corrected chi connectivity index (χ3v) is 4.11. The van der Waals surface area contributed by atoms with E-state index in [1.807, 2.05) is 0 Å².